The smallest absolute Gasteiger partial charge is 0.300 e. The van der Waals surface area contributed by atoms with Gasteiger partial charge >= 0.3 is 0 Å². The molecular weight excluding hydrogens is 326 g/mol. The monoisotopic (exact) mass is 357 g/mol. The molecule has 5 nitrogen and oxygen atoms in total. The number of likely N-dealkylation sites (N-methyl/N-ethyl adjacent to an activating group) is 1. The van der Waals surface area contributed by atoms with Crippen molar-refractivity contribution >= 4 is 23.7 Å². The van der Waals surface area contributed by atoms with Gasteiger partial charge in [-0.1, -0.05) is 19.4 Å². The number of benzene rings is 1. The number of aliphatic imine (C=N–C) groups is 1. The number of rotatable bonds is 8. The molecule has 2 rings (SSSR count). The van der Waals surface area contributed by atoms with Crippen LogP contribution in [0, 0.1) is 6.92 Å². The van der Waals surface area contributed by atoms with E-state index in [1.807, 2.05) is 19.1 Å². The van der Waals surface area contributed by atoms with Crippen LogP contribution in [0.3, 0.4) is 0 Å². The third-order valence-electron chi connectivity index (χ3n) is 4.59. The van der Waals surface area contributed by atoms with Crippen LogP contribution in [-0.2, 0) is 9.53 Å². The second kappa shape index (κ2) is 9.41. The van der Waals surface area contributed by atoms with E-state index in [2.05, 4.69) is 49.7 Å². The highest BCUT2D eigenvalue weighted by atomic mass is 16.5. The van der Waals surface area contributed by atoms with Crippen molar-refractivity contribution in [2.75, 3.05) is 31.1 Å². The maximum Gasteiger partial charge on any atom is 0.300 e. The quantitative estimate of drug-likeness (QED) is 0.517. The van der Waals surface area contributed by atoms with E-state index in [0.717, 1.165) is 31.5 Å². The van der Waals surface area contributed by atoms with Crippen molar-refractivity contribution in [2.24, 2.45) is 4.99 Å². The van der Waals surface area contributed by atoms with Gasteiger partial charge in [0.1, 0.15) is 0 Å². The zero-order valence-corrected chi connectivity index (χ0v) is 16.7. The van der Waals surface area contributed by atoms with E-state index in [-0.39, 0.29) is 5.91 Å². The predicted octanol–water partition coefficient (Wildman–Crippen LogP) is 4.22. The molecule has 1 aromatic carbocycles. The van der Waals surface area contributed by atoms with Crippen molar-refractivity contribution in [3.05, 3.63) is 35.1 Å². The zero-order valence-electron chi connectivity index (χ0n) is 16.7. The number of nitrogens with zero attached hydrogens (tertiary/aromatic N) is 3. The fourth-order valence-corrected chi connectivity index (χ4v) is 3.08. The first-order chi connectivity index (χ1) is 12.5. The molecule has 1 heterocycles. The minimum absolute atomic E-state index is 0.117. The van der Waals surface area contributed by atoms with E-state index in [0.29, 0.717) is 24.9 Å². The number of hydrogen-bond acceptors (Lipinski definition) is 4. The lowest BCUT2D eigenvalue weighted by Gasteiger charge is -2.23. The summed E-state index contributed by atoms with van der Waals surface area (Å²) in [5.74, 6) is 0.227. The average molecular weight is 357 g/mol. The van der Waals surface area contributed by atoms with Gasteiger partial charge in [0.25, 0.3) is 11.9 Å². The van der Waals surface area contributed by atoms with Crippen molar-refractivity contribution in [3.63, 3.8) is 0 Å². The van der Waals surface area contributed by atoms with Gasteiger partial charge in [-0.15, -0.1) is 0 Å². The molecule has 1 aliphatic rings. The fraction of sp³-hybridized carbons (Fsp3) is 0.524. The van der Waals surface area contributed by atoms with E-state index in [9.17, 15) is 4.79 Å². The summed E-state index contributed by atoms with van der Waals surface area (Å²) in [5, 5.41) is 0. The van der Waals surface area contributed by atoms with Crippen LogP contribution in [0.5, 0.6) is 0 Å². The van der Waals surface area contributed by atoms with Gasteiger partial charge in [0.2, 0.25) is 0 Å². The minimum Gasteiger partial charge on any atom is -0.420 e. The highest BCUT2D eigenvalue weighted by molar-refractivity contribution is 6.11. The summed E-state index contributed by atoms with van der Waals surface area (Å²) in [4.78, 5) is 20.9. The predicted molar refractivity (Wildman–Crippen MR) is 108 cm³/mol. The number of aryl methyl sites for hydroxylation is 1. The Morgan fingerprint density at radius 2 is 1.92 bits per heavy atom. The molecule has 0 bridgehead atoms. The van der Waals surface area contributed by atoms with Gasteiger partial charge in [-0.3, -0.25) is 9.69 Å². The molecule has 0 unspecified atom stereocenters. The number of carbonyl (C=O) groups excluding carboxylic acids is 1. The molecule has 0 atom stereocenters. The van der Waals surface area contributed by atoms with Gasteiger partial charge < -0.3 is 9.64 Å². The van der Waals surface area contributed by atoms with Crippen LogP contribution in [-0.4, -0.2) is 43.0 Å². The molecule has 0 aromatic heterocycles. The van der Waals surface area contributed by atoms with Gasteiger partial charge in [0.15, 0.2) is 5.76 Å². The lowest BCUT2D eigenvalue weighted by Crippen LogP contribution is -2.29. The largest absolute Gasteiger partial charge is 0.420 e. The van der Waals surface area contributed by atoms with Crippen LogP contribution in [0.4, 0.5) is 5.69 Å². The molecular formula is C21H31N3O2. The zero-order chi connectivity index (χ0) is 19.1. The minimum atomic E-state index is -0.117. The van der Waals surface area contributed by atoms with Crippen molar-refractivity contribution < 1.29 is 9.53 Å². The maximum absolute atomic E-state index is 12.6. The molecule has 0 N–H and O–H groups in total. The topological polar surface area (TPSA) is 45.1 Å². The van der Waals surface area contributed by atoms with Gasteiger partial charge in [-0.2, -0.15) is 0 Å². The standard InChI is InChI=1S/C21H31N3O2/c1-6-10-13-22-21-24(9-4)20(25)19(26-21)15-17-11-12-18(16(5)14-17)23(7-2)8-3/h11-12,14-15H,6-10,13H2,1-5H3/b19-15+,22-21?. The summed E-state index contributed by atoms with van der Waals surface area (Å²) in [5.41, 5.74) is 3.39. The Morgan fingerprint density at radius 3 is 2.50 bits per heavy atom. The van der Waals surface area contributed by atoms with Crippen molar-refractivity contribution in [1.29, 1.82) is 0 Å². The van der Waals surface area contributed by atoms with Gasteiger partial charge in [0.05, 0.1) is 0 Å². The van der Waals surface area contributed by atoms with E-state index in [1.54, 1.807) is 4.90 Å². The third kappa shape index (κ3) is 4.45. The summed E-state index contributed by atoms with van der Waals surface area (Å²) in [6, 6.07) is 6.67. The highest BCUT2D eigenvalue weighted by Crippen LogP contribution is 2.24. The Labute approximate surface area is 157 Å². The van der Waals surface area contributed by atoms with Crippen LogP contribution < -0.4 is 4.90 Å². The first-order valence-corrected chi connectivity index (χ1v) is 9.67. The molecule has 5 heteroatoms. The molecule has 0 spiro atoms. The molecule has 142 valence electrons. The van der Waals surface area contributed by atoms with Gasteiger partial charge in [0, 0.05) is 31.9 Å². The number of anilines is 1. The SMILES string of the molecule is CCCCN=C1O/C(=C/c2ccc(N(CC)CC)c(C)c2)C(=O)N1CC. The van der Waals surface area contributed by atoms with Crippen molar-refractivity contribution in [1.82, 2.24) is 4.90 Å². The Morgan fingerprint density at radius 1 is 1.19 bits per heavy atom. The molecule has 0 radical (unpaired) electrons. The number of ether oxygens (including phenoxy) is 1. The van der Waals surface area contributed by atoms with E-state index in [4.69, 9.17) is 4.74 Å². The molecule has 1 saturated heterocycles. The van der Waals surface area contributed by atoms with Gasteiger partial charge in [-0.05, 0) is 63.5 Å². The normalized spacial score (nSPS) is 17.3. The van der Waals surface area contributed by atoms with Crippen LogP contribution in [0.15, 0.2) is 29.0 Å². The number of amides is 1. The van der Waals surface area contributed by atoms with E-state index >= 15 is 0 Å². The first-order valence-electron chi connectivity index (χ1n) is 9.67. The Balaban J connectivity index is 2.25. The molecule has 0 aliphatic carbocycles. The van der Waals surface area contributed by atoms with Crippen LogP contribution in [0.25, 0.3) is 6.08 Å². The summed E-state index contributed by atoms with van der Waals surface area (Å²) in [6.07, 6.45) is 3.87. The maximum atomic E-state index is 12.6. The second-order valence-corrected chi connectivity index (χ2v) is 6.40. The highest BCUT2D eigenvalue weighted by Gasteiger charge is 2.33. The van der Waals surface area contributed by atoms with Crippen molar-refractivity contribution in [3.8, 4) is 0 Å². The second-order valence-electron chi connectivity index (χ2n) is 6.40. The number of amidine groups is 1. The average Bonchev–Trinajstić information content (AvgIpc) is 2.92. The molecule has 1 aromatic rings. The summed E-state index contributed by atoms with van der Waals surface area (Å²) < 4.78 is 5.76. The molecule has 1 aliphatic heterocycles. The van der Waals surface area contributed by atoms with Gasteiger partial charge in [-0.25, -0.2) is 4.99 Å². The van der Waals surface area contributed by atoms with Crippen LogP contribution in [0.1, 0.15) is 51.7 Å². The Bertz CT molecular complexity index is 690. The third-order valence-corrected chi connectivity index (χ3v) is 4.59. The van der Waals surface area contributed by atoms with Crippen LogP contribution in [0.2, 0.25) is 0 Å². The molecule has 1 amide bonds. The van der Waals surface area contributed by atoms with E-state index in [1.165, 1.54) is 11.3 Å². The summed E-state index contributed by atoms with van der Waals surface area (Å²) in [7, 11) is 0. The summed E-state index contributed by atoms with van der Waals surface area (Å²) in [6.45, 7) is 13.6. The molecule has 26 heavy (non-hydrogen) atoms. The van der Waals surface area contributed by atoms with Crippen LogP contribution >= 0.6 is 0 Å². The summed E-state index contributed by atoms with van der Waals surface area (Å²) >= 11 is 0. The number of hydrogen-bond donors (Lipinski definition) is 0. The van der Waals surface area contributed by atoms with Crippen molar-refractivity contribution in [2.45, 2.75) is 47.5 Å². The number of carbonyl (C=O) groups is 1. The first kappa shape index (κ1) is 20.0. The molecule has 1 fully saturated rings. The number of unbranched alkanes of at least 4 members (excludes halogenated alkanes) is 1. The molecule has 0 saturated carbocycles. The fourth-order valence-electron chi connectivity index (χ4n) is 3.08. The Kier molecular flexibility index (Phi) is 7.25. The Hall–Kier alpha value is -2.30. The lowest BCUT2D eigenvalue weighted by molar-refractivity contribution is -0.122. The van der Waals surface area contributed by atoms with E-state index < -0.39 is 0 Å². The lowest BCUT2D eigenvalue weighted by atomic mass is 10.1.